The summed E-state index contributed by atoms with van der Waals surface area (Å²) in [7, 11) is 1.84. The fourth-order valence-electron chi connectivity index (χ4n) is 4.33. The number of hydrogen-bond acceptors (Lipinski definition) is 7. The predicted molar refractivity (Wildman–Crippen MR) is 154 cm³/mol. The topological polar surface area (TPSA) is 112 Å². The van der Waals surface area contributed by atoms with E-state index in [1.165, 1.54) is 12.1 Å². The largest absolute Gasteiger partial charge is 0.573 e. The molecule has 0 bridgehead atoms. The summed E-state index contributed by atoms with van der Waals surface area (Å²) in [5, 5.41) is 8.42. The summed E-state index contributed by atoms with van der Waals surface area (Å²) >= 11 is 0. The Labute approximate surface area is 239 Å². The second-order valence-corrected chi connectivity index (χ2v) is 9.32. The molecule has 0 unspecified atom stereocenters. The zero-order valence-electron chi connectivity index (χ0n) is 22.4. The summed E-state index contributed by atoms with van der Waals surface area (Å²) in [6, 6.07) is 20.6. The first kappa shape index (κ1) is 28.2. The van der Waals surface area contributed by atoms with Crippen LogP contribution in [0.15, 0.2) is 85.1 Å². The van der Waals surface area contributed by atoms with Crippen LogP contribution in [0.2, 0.25) is 0 Å². The molecule has 4 aromatic rings. The van der Waals surface area contributed by atoms with Gasteiger partial charge in [0, 0.05) is 54.6 Å². The Morgan fingerprint density at radius 1 is 0.952 bits per heavy atom. The number of urea groups is 1. The molecule has 1 aliphatic rings. The van der Waals surface area contributed by atoms with Crippen LogP contribution in [-0.4, -0.2) is 41.9 Å². The molecule has 216 valence electrons. The number of nitrogens with one attached hydrogen (secondary N) is 3. The molecule has 1 aromatic heterocycles. The molecule has 0 aliphatic carbocycles. The zero-order valence-corrected chi connectivity index (χ0v) is 22.4. The second kappa shape index (κ2) is 12.0. The highest BCUT2D eigenvalue weighted by molar-refractivity contribution is 6.00. The van der Waals surface area contributed by atoms with Crippen molar-refractivity contribution in [2.24, 2.45) is 0 Å². The molecule has 0 atom stereocenters. The molecule has 1 saturated heterocycles. The smallest absolute Gasteiger partial charge is 0.406 e. The van der Waals surface area contributed by atoms with E-state index in [4.69, 9.17) is 0 Å². The minimum Gasteiger partial charge on any atom is -0.406 e. The Morgan fingerprint density at radius 2 is 1.64 bits per heavy atom. The van der Waals surface area contributed by atoms with Crippen molar-refractivity contribution in [3.8, 4) is 5.75 Å². The first-order valence-electron chi connectivity index (χ1n) is 12.9. The molecule has 13 heteroatoms. The van der Waals surface area contributed by atoms with Crippen LogP contribution in [0.1, 0.15) is 12.8 Å². The van der Waals surface area contributed by atoms with Crippen LogP contribution in [-0.2, 0) is 4.79 Å². The molecular formula is C29H26F3N7O3. The Bertz CT molecular complexity index is 1560. The molecular weight excluding hydrogens is 551 g/mol. The second-order valence-electron chi connectivity index (χ2n) is 9.32. The summed E-state index contributed by atoms with van der Waals surface area (Å²) in [6.45, 7) is 0.704. The highest BCUT2D eigenvalue weighted by Crippen LogP contribution is 2.28. The molecule has 3 N–H and O–H groups in total. The summed E-state index contributed by atoms with van der Waals surface area (Å²) < 4.78 is 40.8. The number of rotatable bonds is 8. The van der Waals surface area contributed by atoms with E-state index in [0.717, 1.165) is 35.6 Å². The fraction of sp³-hybridized carbons (Fsp3) is 0.172. The van der Waals surface area contributed by atoms with E-state index in [9.17, 15) is 22.8 Å². The maximum Gasteiger partial charge on any atom is 0.573 e. The molecule has 0 spiro atoms. The maximum absolute atomic E-state index is 12.3. The van der Waals surface area contributed by atoms with Gasteiger partial charge in [-0.2, -0.15) is 4.98 Å². The number of hydrogen-bond donors (Lipinski definition) is 3. The molecule has 10 nitrogen and oxygen atoms in total. The van der Waals surface area contributed by atoms with Gasteiger partial charge in [-0.1, -0.05) is 6.07 Å². The normalized spacial score (nSPS) is 13.0. The summed E-state index contributed by atoms with van der Waals surface area (Å²) in [4.78, 5) is 37.0. The van der Waals surface area contributed by atoms with E-state index in [0.29, 0.717) is 36.1 Å². The highest BCUT2D eigenvalue weighted by Gasteiger charge is 2.31. The Hall–Kier alpha value is -5.33. The zero-order chi connectivity index (χ0) is 29.7. The number of carbonyl (C=O) groups is 2. The number of alkyl halides is 3. The van der Waals surface area contributed by atoms with Gasteiger partial charge in [0.25, 0.3) is 0 Å². The van der Waals surface area contributed by atoms with E-state index >= 15 is 0 Å². The molecule has 1 fully saturated rings. The van der Waals surface area contributed by atoms with Crippen molar-refractivity contribution in [2.45, 2.75) is 19.2 Å². The monoisotopic (exact) mass is 577 g/mol. The molecule has 5 rings (SSSR count). The molecule has 42 heavy (non-hydrogen) atoms. The molecule has 0 saturated carbocycles. The standard InChI is InChI=1S/C29H26F3N7O3/c1-38(25-15-16-33-27(37-25)34-21-4-2-5-23(18-21)39-17-3-6-26(39)40)22-11-7-19(8-12-22)35-28(41)36-20-9-13-24(14-10-20)42-29(30,31)32/h2,4-5,7-16,18H,3,6,17H2,1H3,(H,33,34,37)(H2,35,36,41). The van der Waals surface area contributed by atoms with Crippen LogP contribution < -0.4 is 30.5 Å². The van der Waals surface area contributed by atoms with Crippen molar-refractivity contribution in [3.63, 3.8) is 0 Å². The number of amides is 3. The van der Waals surface area contributed by atoms with Gasteiger partial charge in [-0.3, -0.25) is 4.79 Å². The average molecular weight is 578 g/mol. The Balaban J connectivity index is 1.18. The molecule has 3 aromatic carbocycles. The van der Waals surface area contributed by atoms with Crippen LogP contribution in [0.4, 0.5) is 58.2 Å². The van der Waals surface area contributed by atoms with Crippen LogP contribution in [0.3, 0.4) is 0 Å². The van der Waals surface area contributed by atoms with Crippen LogP contribution >= 0.6 is 0 Å². The van der Waals surface area contributed by atoms with Gasteiger partial charge in [-0.15, -0.1) is 13.2 Å². The fourth-order valence-corrected chi connectivity index (χ4v) is 4.33. The molecule has 2 heterocycles. The number of ether oxygens (including phenoxy) is 1. The number of carbonyl (C=O) groups excluding carboxylic acids is 2. The Kier molecular flexibility index (Phi) is 8.09. The summed E-state index contributed by atoms with van der Waals surface area (Å²) in [5.41, 5.74) is 3.17. The van der Waals surface area contributed by atoms with Gasteiger partial charge in [0.1, 0.15) is 11.6 Å². The first-order valence-corrected chi connectivity index (χ1v) is 12.9. The van der Waals surface area contributed by atoms with Crippen molar-refractivity contribution in [3.05, 3.63) is 85.1 Å². The molecule has 3 amide bonds. The van der Waals surface area contributed by atoms with Crippen LogP contribution in [0.25, 0.3) is 0 Å². The maximum atomic E-state index is 12.3. The van der Waals surface area contributed by atoms with Gasteiger partial charge in [0.2, 0.25) is 11.9 Å². The molecule has 1 aliphatic heterocycles. The van der Waals surface area contributed by atoms with Crippen LogP contribution in [0.5, 0.6) is 5.75 Å². The lowest BCUT2D eigenvalue weighted by Crippen LogP contribution is -2.23. The quantitative estimate of drug-likeness (QED) is 0.215. The van der Waals surface area contributed by atoms with E-state index in [-0.39, 0.29) is 11.7 Å². The van der Waals surface area contributed by atoms with E-state index < -0.39 is 12.4 Å². The lowest BCUT2D eigenvalue weighted by atomic mass is 10.2. The van der Waals surface area contributed by atoms with Crippen LogP contribution in [0, 0.1) is 0 Å². The number of nitrogens with zero attached hydrogens (tertiary/aromatic N) is 4. The number of halogens is 3. The van der Waals surface area contributed by atoms with Crippen molar-refractivity contribution in [2.75, 3.05) is 39.3 Å². The first-order chi connectivity index (χ1) is 20.1. The van der Waals surface area contributed by atoms with Crippen molar-refractivity contribution in [1.29, 1.82) is 0 Å². The number of anilines is 7. The molecule has 0 radical (unpaired) electrons. The average Bonchev–Trinajstić information content (AvgIpc) is 3.39. The van der Waals surface area contributed by atoms with E-state index in [2.05, 4.69) is 30.7 Å². The minimum atomic E-state index is -4.79. The lowest BCUT2D eigenvalue weighted by molar-refractivity contribution is -0.274. The van der Waals surface area contributed by atoms with Crippen molar-refractivity contribution < 1.29 is 27.5 Å². The lowest BCUT2D eigenvalue weighted by Gasteiger charge is -2.20. The van der Waals surface area contributed by atoms with Gasteiger partial charge in [0.05, 0.1) is 0 Å². The van der Waals surface area contributed by atoms with E-state index in [1.54, 1.807) is 41.4 Å². The Morgan fingerprint density at radius 3 is 2.29 bits per heavy atom. The number of benzene rings is 3. The SMILES string of the molecule is CN(c1ccc(NC(=O)Nc2ccc(OC(F)(F)F)cc2)cc1)c1ccnc(Nc2cccc(N3CCCC3=O)c2)n1. The van der Waals surface area contributed by atoms with Gasteiger partial charge in [0.15, 0.2) is 0 Å². The van der Waals surface area contributed by atoms with Gasteiger partial charge in [-0.05, 0) is 79.2 Å². The predicted octanol–water partition coefficient (Wildman–Crippen LogP) is 6.66. The third kappa shape index (κ3) is 7.24. The summed E-state index contributed by atoms with van der Waals surface area (Å²) in [5.74, 6) is 0.734. The van der Waals surface area contributed by atoms with Gasteiger partial charge in [-0.25, -0.2) is 9.78 Å². The third-order valence-corrected chi connectivity index (χ3v) is 6.33. The number of aromatic nitrogens is 2. The minimum absolute atomic E-state index is 0.113. The van der Waals surface area contributed by atoms with Gasteiger partial charge < -0.3 is 30.5 Å². The van der Waals surface area contributed by atoms with E-state index in [1.807, 2.05) is 36.2 Å². The van der Waals surface area contributed by atoms with Gasteiger partial charge >= 0.3 is 12.4 Å². The van der Waals surface area contributed by atoms with Crippen molar-refractivity contribution in [1.82, 2.24) is 9.97 Å². The third-order valence-electron chi connectivity index (χ3n) is 6.33. The summed E-state index contributed by atoms with van der Waals surface area (Å²) in [6.07, 6.45) is -1.75. The van der Waals surface area contributed by atoms with Crippen molar-refractivity contribution >= 4 is 52.1 Å². The highest BCUT2D eigenvalue weighted by atomic mass is 19.4.